The summed E-state index contributed by atoms with van der Waals surface area (Å²) in [5, 5.41) is 6.67. The smallest absolute Gasteiger partial charge is 0.251 e. The summed E-state index contributed by atoms with van der Waals surface area (Å²) < 4.78 is 0. The summed E-state index contributed by atoms with van der Waals surface area (Å²) >= 11 is 6.52. The fourth-order valence-electron chi connectivity index (χ4n) is 6.12. The van der Waals surface area contributed by atoms with Crippen molar-refractivity contribution < 1.29 is 9.59 Å². The SMILES string of the molecule is CCCC(Cc1cc(Cl)cc(C(=O)NC/C(C(N)=O)=C(/NC)N2CCCCC2)c1C)C1CCCCC1. The molecule has 2 amide bonds. The van der Waals surface area contributed by atoms with E-state index < -0.39 is 5.91 Å². The van der Waals surface area contributed by atoms with E-state index in [9.17, 15) is 9.59 Å². The number of likely N-dealkylation sites (tertiary alicyclic amines) is 1. The van der Waals surface area contributed by atoms with Crippen molar-refractivity contribution in [2.45, 2.75) is 84.5 Å². The zero-order valence-corrected chi connectivity index (χ0v) is 23.2. The number of nitrogens with zero attached hydrogens (tertiary/aromatic N) is 1. The summed E-state index contributed by atoms with van der Waals surface area (Å²) in [6.07, 6.45) is 13.3. The monoisotopic (exact) mass is 516 g/mol. The van der Waals surface area contributed by atoms with Crippen LogP contribution < -0.4 is 16.4 Å². The van der Waals surface area contributed by atoms with E-state index in [1.54, 1.807) is 13.1 Å². The van der Waals surface area contributed by atoms with Gasteiger partial charge in [-0.2, -0.15) is 0 Å². The van der Waals surface area contributed by atoms with Crippen LogP contribution in [-0.2, 0) is 11.2 Å². The van der Waals surface area contributed by atoms with Crippen molar-refractivity contribution in [2.75, 3.05) is 26.7 Å². The van der Waals surface area contributed by atoms with Crippen molar-refractivity contribution in [3.05, 3.63) is 45.2 Å². The molecule has 200 valence electrons. The van der Waals surface area contributed by atoms with E-state index in [-0.39, 0.29) is 12.5 Å². The molecule has 1 atom stereocenters. The van der Waals surface area contributed by atoms with Gasteiger partial charge in [0.2, 0.25) is 5.91 Å². The van der Waals surface area contributed by atoms with Gasteiger partial charge in [-0.1, -0.05) is 63.5 Å². The van der Waals surface area contributed by atoms with Gasteiger partial charge in [0, 0.05) is 30.7 Å². The van der Waals surface area contributed by atoms with E-state index >= 15 is 0 Å². The molecule has 2 fully saturated rings. The first-order valence-electron chi connectivity index (χ1n) is 13.9. The molecule has 1 aromatic carbocycles. The second-order valence-electron chi connectivity index (χ2n) is 10.6. The van der Waals surface area contributed by atoms with Crippen LogP contribution in [0.3, 0.4) is 0 Å². The molecule has 1 aliphatic heterocycles. The molecule has 1 heterocycles. The first-order chi connectivity index (χ1) is 17.3. The summed E-state index contributed by atoms with van der Waals surface area (Å²) in [7, 11) is 1.79. The molecule has 1 aromatic rings. The summed E-state index contributed by atoms with van der Waals surface area (Å²) in [5.74, 6) is 1.33. The van der Waals surface area contributed by atoms with E-state index in [2.05, 4.69) is 22.5 Å². The van der Waals surface area contributed by atoms with Gasteiger partial charge in [-0.25, -0.2) is 0 Å². The fraction of sp³-hybridized carbons (Fsp3) is 0.655. The van der Waals surface area contributed by atoms with Crippen LogP contribution in [-0.4, -0.2) is 43.4 Å². The van der Waals surface area contributed by atoms with Crippen LogP contribution >= 0.6 is 11.6 Å². The van der Waals surface area contributed by atoms with Crippen molar-refractivity contribution >= 4 is 23.4 Å². The van der Waals surface area contributed by atoms with Crippen LogP contribution in [0.2, 0.25) is 5.02 Å². The number of amides is 2. The average Bonchev–Trinajstić information content (AvgIpc) is 2.88. The first-order valence-corrected chi connectivity index (χ1v) is 14.3. The van der Waals surface area contributed by atoms with Gasteiger partial charge in [-0.15, -0.1) is 0 Å². The highest BCUT2D eigenvalue weighted by Crippen LogP contribution is 2.36. The van der Waals surface area contributed by atoms with Crippen LogP contribution in [0, 0.1) is 18.8 Å². The lowest BCUT2D eigenvalue weighted by Gasteiger charge is -2.32. The highest BCUT2D eigenvalue weighted by Gasteiger charge is 2.25. The summed E-state index contributed by atoms with van der Waals surface area (Å²) in [6, 6.07) is 3.77. The minimum Gasteiger partial charge on any atom is -0.374 e. The van der Waals surface area contributed by atoms with Crippen LogP contribution in [0.15, 0.2) is 23.5 Å². The molecule has 6 nitrogen and oxygen atoms in total. The summed E-state index contributed by atoms with van der Waals surface area (Å²) in [4.78, 5) is 27.8. The predicted molar refractivity (Wildman–Crippen MR) is 148 cm³/mol. The molecule has 1 saturated heterocycles. The molecule has 1 unspecified atom stereocenters. The second-order valence-corrected chi connectivity index (χ2v) is 11.0. The number of halogens is 1. The summed E-state index contributed by atoms with van der Waals surface area (Å²) in [5.41, 5.74) is 8.84. The lowest BCUT2D eigenvalue weighted by molar-refractivity contribution is -0.114. The van der Waals surface area contributed by atoms with Gasteiger partial charge in [0.15, 0.2) is 0 Å². The van der Waals surface area contributed by atoms with E-state index in [1.807, 2.05) is 13.0 Å². The molecule has 4 N–H and O–H groups in total. The van der Waals surface area contributed by atoms with Crippen LogP contribution in [0.5, 0.6) is 0 Å². The first kappa shape index (κ1) is 28.4. The number of nitrogens with two attached hydrogens (primary N) is 1. The zero-order valence-electron chi connectivity index (χ0n) is 22.4. The Hall–Kier alpha value is -2.21. The Morgan fingerprint density at radius 2 is 1.78 bits per heavy atom. The van der Waals surface area contributed by atoms with Gasteiger partial charge in [0.25, 0.3) is 5.91 Å². The Morgan fingerprint density at radius 3 is 2.39 bits per heavy atom. The minimum atomic E-state index is -0.524. The number of nitrogens with one attached hydrogen (secondary N) is 2. The van der Waals surface area contributed by atoms with Crippen molar-refractivity contribution in [3.63, 3.8) is 0 Å². The largest absolute Gasteiger partial charge is 0.374 e. The van der Waals surface area contributed by atoms with Gasteiger partial charge in [-0.3, -0.25) is 9.59 Å². The number of piperidine rings is 1. The van der Waals surface area contributed by atoms with Crippen molar-refractivity contribution in [2.24, 2.45) is 17.6 Å². The van der Waals surface area contributed by atoms with Gasteiger partial charge < -0.3 is 21.3 Å². The molecule has 1 aliphatic carbocycles. The van der Waals surface area contributed by atoms with Crippen molar-refractivity contribution in [1.82, 2.24) is 15.5 Å². The Labute approximate surface area is 222 Å². The molecular formula is C29H45ClN4O2. The Kier molecular flexibility index (Phi) is 11.0. The van der Waals surface area contributed by atoms with E-state index in [0.29, 0.717) is 27.9 Å². The van der Waals surface area contributed by atoms with Gasteiger partial charge in [0.05, 0.1) is 12.1 Å². The van der Waals surface area contributed by atoms with E-state index in [0.717, 1.165) is 49.4 Å². The molecule has 0 spiro atoms. The number of rotatable bonds is 11. The lowest BCUT2D eigenvalue weighted by atomic mass is 9.75. The number of hydrogen-bond donors (Lipinski definition) is 3. The third-order valence-electron chi connectivity index (χ3n) is 8.10. The van der Waals surface area contributed by atoms with Gasteiger partial charge >= 0.3 is 0 Å². The Morgan fingerprint density at radius 1 is 1.11 bits per heavy atom. The quantitative estimate of drug-likeness (QED) is 0.347. The van der Waals surface area contributed by atoms with Crippen LogP contribution in [0.1, 0.15) is 92.6 Å². The standard InChI is InChI=1S/C29H45ClN4O2/c1-4-11-22(21-12-7-5-8-13-21)16-23-17-24(30)18-25(20(23)2)29(36)33-19-26(27(31)35)28(32-3)34-14-9-6-10-15-34/h17-18,21-22,32H,4-16,19H2,1-3H3,(H2,31,35)(H,33,36)/b28-26+. The fourth-order valence-corrected chi connectivity index (χ4v) is 6.36. The van der Waals surface area contributed by atoms with Crippen molar-refractivity contribution in [3.8, 4) is 0 Å². The van der Waals surface area contributed by atoms with Gasteiger partial charge in [-0.05, 0) is 67.7 Å². The Balaban J connectivity index is 1.78. The molecule has 1 saturated carbocycles. The topological polar surface area (TPSA) is 87.5 Å². The second kappa shape index (κ2) is 13.9. The maximum Gasteiger partial charge on any atom is 0.251 e. The number of hydrogen-bond acceptors (Lipinski definition) is 4. The maximum absolute atomic E-state index is 13.3. The third-order valence-corrected chi connectivity index (χ3v) is 8.32. The molecular weight excluding hydrogens is 472 g/mol. The normalized spacial score (nSPS) is 18.4. The average molecular weight is 517 g/mol. The lowest BCUT2D eigenvalue weighted by Crippen LogP contribution is -2.40. The molecule has 3 rings (SSSR count). The molecule has 7 heteroatoms. The van der Waals surface area contributed by atoms with Crippen molar-refractivity contribution in [1.29, 1.82) is 0 Å². The minimum absolute atomic E-state index is 0.0721. The highest BCUT2D eigenvalue weighted by molar-refractivity contribution is 6.31. The van der Waals surface area contributed by atoms with Gasteiger partial charge in [0.1, 0.15) is 5.82 Å². The Bertz CT molecular complexity index is 933. The molecule has 36 heavy (non-hydrogen) atoms. The van der Waals surface area contributed by atoms with Crippen LogP contribution in [0.4, 0.5) is 0 Å². The molecule has 0 bridgehead atoms. The molecule has 2 aliphatic rings. The molecule has 0 aromatic heterocycles. The number of benzene rings is 1. The third kappa shape index (κ3) is 7.41. The zero-order chi connectivity index (χ0) is 26.1. The maximum atomic E-state index is 13.3. The highest BCUT2D eigenvalue weighted by atomic mass is 35.5. The molecule has 0 radical (unpaired) electrons. The van der Waals surface area contributed by atoms with E-state index in [4.69, 9.17) is 17.3 Å². The number of carbonyl (C=O) groups excluding carboxylic acids is 2. The van der Waals surface area contributed by atoms with E-state index in [1.165, 1.54) is 51.4 Å². The van der Waals surface area contributed by atoms with Crippen LogP contribution in [0.25, 0.3) is 0 Å². The number of primary amides is 1. The summed E-state index contributed by atoms with van der Waals surface area (Å²) in [6.45, 7) is 6.09. The predicted octanol–water partition coefficient (Wildman–Crippen LogP) is 5.32. The number of carbonyl (C=O) groups is 2.